The van der Waals surface area contributed by atoms with Crippen LogP contribution in [0.2, 0.25) is 0 Å². The average Bonchev–Trinajstić information content (AvgIpc) is 2.40. The second-order valence-electron chi connectivity index (χ2n) is 4.64. The van der Waals surface area contributed by atoms with E-state index in [9.17, 15) is 4.79 Å². The zero-order valence-electron chi connectivity index (χ0n) is 9.92. The molecule has 1 aromatic rings. The van der Waals surface area contributed by atoms with Crippen molar-refractivity contribution in [2.24, 2.45) is 0 Å². The molecule has 17 heavy (non-hydrogen) atoms. The first-order valence-electron chi connectivity index (χ1n) is 6.25. The van der Waals surface area contributed by atoms with E-state index in [2.05, 4.69) is 21.2 Å². The minimum Gasteiger partial charge on any atom is -0.349 e. The molecule has 1 amide bonds. The number of rotatable bonds is 3. The van der Waals surface area contributed by atoms with Crippen LogP contribution in [0.25, 0.3) is 0 Å². The lowest BCUT2D eigenvalue weighted by Crippen LogP contribution is -2.36. The van der Waals surface area contributed by atoms with Gasteiger partial charge in [0.1, 0.15) is 0 Å². The quantitative estimate of drug-likeness (QED) is 0.848. The third kappa shape index (κ3) is 3.56. The van der Waals surface area contributed by atoms with E-state index < -0.39 is 0 Å². The number of carbonyl (C=O) groups excluding carboxylic acids is 1. The maximum Gasteiger partial charge on any atom is 0.251 e. The van der Waals surface area contributed by atoms with Crippen LogP contribution in [-0.2, 0) is 5.33 Å². The Morgan fingerprint density at radius 1 is 1.18 bits per heavy atom. The zero-order valence-corrected chi connectivity index (χ0v) is 11.5. The highest BCUT2D eigenvalue weighted by atomic mass is 79.9. The van der Waals surface area contributed by atoms with Gasteiger partial charge in [0.25, 0.3) is 5.91 Å². The molecular weight excluding hydrogens is 278 g/mol. The topological polar surface area (TPSA) is 29.1 Å². The third-order valence-corrected chi connectivity index (χ3v) is 3.96. The van der Waals surface area contributed by atoms with Gasteiger partial charge >= 0.3 is 0 Å². The second kappa shape index (κ2) is 6.20. The first-order chi connectivity index (χ1) is 8.29. The summed E-state index contributed by atoms with van der Waals surface area (Å²) in [5.41, 5.74) is 1.96. The maximum atomic E-state index is 12.0. The van der Waals surface area contributed by atoms with Gasteiger partial charge in [0.15, 0.2) is 0 Å². The highest BCUT2D eigenvalue weighted by Gasteiger charge is 2.16. The van der Waals surface area contributed by atoms with Gasteiger partial charge in [-0.3, -0.25) is 4.79 Å². The summed E-state index contributed by atoms with van der Waals surface area (Å²) < 4.78 is 0. The SMILES string of the molecule is O=C(NC1CCCCC1)c1ccc(CBr)cc1. The van der Waals surface area contributed by atoms with E-state index in [1.807, 2.05) is 24.3 Å². The van der Waals surface area contributed by atoms with Crippen LogP contribution in [-0.4, -0.2) is 11.9 Å². The number of hydrogen-bond donors (Lipinski definition) is 1. The first kappa shape index (κ1) is 12.6. The molecule has 0 heterocycles. The molecule has 1 fully saturated rings. The Labute approximate surface area is 111 Å². The fourth-order valence-corrected chi connectivity index (χ4v) is 2.63. The van der Waals surface area contributed by atoms with Crippen LogP contribution in [0, 0.1) is 0 Å². The number of hydrogen-bond acceptors (Lipinski definition) is 1. The molecule has 1 aliphatic carbocycles. The number of amides is 1. The molecule has 0 radical (unpaired) electrons. The van der Waals surface area contributed by atoms with Gasteiger partial charge in [0.2, 0.25) is 0 Å². The van der Waals surface area contributed by atoms with E-state index in [4.69, 9.17) is 0 Å². The molecule has 1 aromatic carbocycles. The minimum absolute atomic E-state index is 0.0676. The molecule has 0 aromatic heterocycles. The number of alkyl halides is 1. The van der Waals surface area contributed by atoms with E-state index in [-0.39, 0.29) is 5.91 Å². The summed E-state index contributed by atoms with van der Waals surface area (Å²) in [7, 11) is 0. The van der Waals surface area contributed by atoms with Crippen LogP contribution in [0.4, 0.5) is 0 Å². The van der Waals surface area contributed by atoms with Crippen molar-refractivity contribution in [1.29, 1.82) is 0 Å². The highest BCUT2D eigenvalue weighted by Crippen LogP contribution is 2.18. The molecule has 3 heteroatoms. The number of carbonyl (C=O) groups is 1. The summed E-state index contributed by atoms with van der Waals surface area (Å²) in [4.78, 5) is 12.0. The monoisotopic (exact) mass is 295 g/mol. The number of halogens is 1. The second-order valence-corrected chi connectivity index (χ2v) is 5.20. The Bertz CT molecular complexity index is 368. The Balaban J connectivity index is 1.93. The van der Waals surface area contributed by atoms with Crippen LogP contribution in [0.15, 0.2) is 24.3 Å². The summed E-state index contributed by atoms with van der Waals surface area (Å²) in [6.07, 6.45) is 6.06. The molecule has 0 bridgehead atoms. The predicted molar refractivity (Wildman–Crippen MR) is 73.4 cm³/mol. The van der Waals surface area contributed by atoms with Crippen molar-refractivity contribution in [1.82, 2.24) is 5.32 Å². The van der Waals surface area contributed by atoms with Crippen LogP contribution in [0.3, 0.4) is 0 Å². The Hall–Kier alpha value is -0.830. The molecule has 2 rings (SSSR count). The number of nitrogens with one attached hydrogen (secondary N) is 1. The lowest BCUT2D eigenvalue weighted by Gasteiger charge is -2.22. The first-order valence-corrected chi connectivity index (χ1v) is 7.37. The fraction of sp³-hybridized carbons (Fsp3) is 0.500. The van der Waals surface area contributed by atoms with Crippen LogP contribution in [0.1, 0.15) is 48.0 Å². The zero-order chi connectivity index (χ0) is 12.1. The molecular formula is C14H18BrNO. The van der Waals surface area contributed by atoms with E-state index in [0.717, 1.165) is 23.7 Å². The summed E-state index contributed by atoms with van der Waals surface area (Å²) in [5.74, 6) is 0.0676. The van der Waals surface area contributed by atoms with Crippen LogP contribution < -0.4 is 5.32 Å². The van der Waals surface area contributed by atoms with Gasteiger partial charge in [-0.2, -0.15) is 0 Å². The molecule has 0 saturated heterocycles. The normalized spacial score (nSPS) is 16.8. The predicted octanol–water partition coefficient (Wildman–Crippen LogP) is 3.64. The molecule has 0 aliphatic heterocycles. The van der Waals surface area contributed by atoms with Crippen molar-refractivity contribution in [3.63, 3.8) is 0 Å². The summed E-state index contributed by atoms with van der Waals surface area (Å²) in [5, 5.41) is 3.95. The smallest absolute Gasteiger partial charge is 0.251 e. The Morgan fingerprint density at radius 3 is 2.41 bits per heavy atom. The molecule has 0 unspecified atom stereocenters. The largest absolute Gasteiger partial charge is 0.349 e. The average molecular weight is 296 g/mol. The van der Waals surface area contributed by atoms with Crippen molar-refractivity contribution in [3.8, 4) is 0 Å². The standard InChI is InChI=1S/C14H18BrNO/c15-10-11-6-8-12(9-7-11)14(17)16-13-4-2-1-3-5-13/h6-9,13H,1-5,10H2,(H,16,17). The van der Waals surface area contributed by atoms with E-state index in [1.165, 1.54) is 24.8 Å². The third-order valence-electron chi connectivity index (χ3n) is 3.31. The Morgan fingerprint density at radius 2 is 1.82 bits per heavy atom. The van der Waals surface area contributed by atoms with E-state index >= 15 is 0 Å². The van der Waals surface area contributed by atoms with Gasteiger partial charge in [-0.15, -0.1) is 0 Å². The molecule has 0 spiro atoms. The van der Waals surface area contributed by atoms with Crippen LogP contribution >= 0.6 is 15.9 Å². The van der Waals surface area contributed by atoms with Gasteiger partial charge in [0.05, 0.1) is 0 Å². The highest BCUT2D eigenvalue weighted by molar-refractivity contribution is 9.08. The fourth-order valence-electron chi connectivity index (χ4n) is 2.26. The van der Waals surface area contributed by atoms with E-state index in [0.29, 0.717) is 6.04 Å². The van der Waals surface area contributed by atoms with E-state index in [1.54, 1.807) is 0 Å². The molecule has 1 N–H and O–H groups in total. The molecule has 1 saturated carbocycles. The molecule has 2 nitrogen and oxygen atoms in total. The van der Waals surface area contributed by atoms with Gasteiger partial charge in [-0.25, -0.2) is 0 Å². The van der Waals surface area contributed by atoms with Crippen LogP contribution in [0.5, 0.6) is 0 Å². The van der Waals surface area contributed by atoms with Crippen molar-refractivity contribution >= 4 is 21.8 Å². The molecule has 1 aliphatic rings. The Kier molecular flexibility index (Phi) is 4.60. The number of benzene rings is 1. The summed E-state index contributed by atoms with van der Waals surface area (Å²) >= 11 is 3.40. The minimum atomic E-state index is 0.0676. The molecule has 0 atom stereocenters. The van der Waals surface area contributed by atoms with Crippen molar-refractivity contribution in [2.45, 2.75) is 43.5 Å². The van der Waals surface area contributed by atoms with Crippen molar-refractivity contribution < 1.29 is 4.79 Å². The van der Waals surface area contributed by atoms with Gasteiger partial charge in [-0.05, 0) is 30.5 Å². The summed E-state index contributed by atoms with van der Waals surface area (Å²) in [6.45, 7) is 0. The lowest BCUT2D eigenvalue weighted by atomic mass is 9.95. The van der Waals surface area contributed by atoms with Crippen molar-refractivity contribution in [3.05, 3.63) is 35.4 Å². The summed E-state index contributed by atoms with van der Waals surface area (Å²) in [6, 6.07) is 8.16. The van der Waals surface area contributed by atoms with Crippen molar-refractivity contribution in [2.75, 3.05) is 0 Å². The van der Waals surface area contributed by atoms with Gasteiger partial charge in [0, 0.05) is 16.9 Å². The maximum absolute atomic E-state index is 12.0. The lowest BCUT2D eigenvalue weighted by molar-refractivity contribution is 0.0927. The molecule has 92 valence electrons. The van der Waals surface area contributed by atoms with Gasteiger partial charge < -0.3 is 5.32 Å². The van der Waals surface area contributed by atoms with Gasteiger partial charge in [-0.1, -0.05) is 47.3 Å².